The third-order valence-corrected chi connectivity index (χ3v) is 8.07. The van der Waals surface area contributed by atoms with Gasteiger partial charge in [0.15, 0.2) is 0 Å². The van der Waals surface area contributed by atoms with Crippen LogP contribution >= 0.6 is 0 Å². The quantitative estimate of drug-likeness (QED) is 0.643. The fraction of sp³-hybridized carbons (Fsp3) is 0.556. The molecule has 2 atom stereocenters. The molecule has 3 aliphatic rings. The highest BCUT2D eigenvalue weighted by molar-refractivity contribution is 5.97. The van der Waals surface area contributed by atoms with Gasteiger partial charge < -0.3 is 15.3 Å². The van der Waals surface area contributed by atoms with Gasteiger partial charge in [-0.25, -0.2) is 14.3 Å². The van der Waals surface area contributed by atoms with Gasteiger partial charge in [0.2, 0.25) is 0 Å². The van der Waals surface area contributed by atoms with Crippen LogP contribution in [0.25, 0.3) is 10.9 Å². The van der Waals surface area contributed by atoms with Crippen molar-refractivity contribution in [2.24, 2.45) is 0 Å². The van der Waals surface area contributed by atoms with E-state index in [0.717, 1.165) is 49.4 Å². The second kappa shape index (κ2) is 10.0. The monoisotopic (exact) mass is 479 g/mol. The first-order chi connectivity index (χ1) is 17.0. The first-order valence-electron chi connectivity index (χ1n) is 13.1. The number of benzene rings is 1. The number of nitrogens with one attached hydrogen (secondary N) is 1. The van der Waals surface area contributed by atoms with Crippen molar-refractivity contribution < 1.29 is 24.0 Å². The number of hydrogen-bond donors (Lipinski definition) is 2. The zero-order chi connectivity index (χ0) is 24.4. The Morgan fingerprint density at radius 2 is 1.69 bits per heavy atom. The molecule has 2 unspecified atom stereocenters. The standard InChI is InChI=1S/C27H34N4O4/c32-24(28-20-10-2-1-3-11-20)27(35)31(17-6-7-18-31)26(34)23-13-8-16-30(23)25(33)22-15-14-19-9-4-5-12-21(19)29-22/h4-5,9,12,14-15,20,23,27,35H,1-3,6-8,10-11,13,16-18H2/p+1. The Hall–Kier alpha value is -2.84. The average Bonchev–Trinajstić information content (AvgIpc) is 3.59. The summed E-state index contributed by atoms with van der Waals surface area (Å²) in [4.78, 5) is 46.6. The second-order valence-electron chi connectivity index (χ2n) is 10.3. The van der Waals surface area contributed by atoms with Crippen LogP contribution < -0.4 is 5.32 Å². The summed E-state index contributed by atoms with van der Waals surface area (Å²) in [7, 11) is 0. The van der Waals surface area contributed by atoms with Crippen molar-refractivity contribution in [1.82, 2.24) is 15.2 Å². The summed E-state index contributed by atoms with van der Waals surface area (Å²) in [6.07, 6.45) is 6.48. The van der Waals surface area contributed by atoms with E-state index in [0.29, 0.717) is 38.2 Å². The minimum Gasteiger partial charge on any atom is -0.346 e. The van der Waals surface area contributed by atoms with Crippen molar-refractivity contribution in [3.8, 4) is 0 Å². The highest BCUT2D eigenvalue weighted by Gasteiger charge is 2.54. The van der Waals surface area contributed by atoms with Crippen LogP contribution in [0.15, 0.2) is 36.4 Å². The molecule has 2 saturated heterocycles. The Morgan fingerprint density at radius 1 is 0.943 bits per heavy atom. The Kier molecular flexibility index (Phi) is 6.84. The molecule has 186 valence electrons. The van der Waals surface area contributed by atoms with E-state index in [1.807, 2.05) is 30.3 Å². The number of pyridine rings is 1. The van der Waals surface area contributed by atoms with E-state index >= 15 is 0 Å². The molecule has 0 radical (unpaired) electrons. The Balaban J connectivity index is 1.36. The van der Waals surface area contributed by atoms with Crippen LogP contribution in [0.3, 0.4) is 0 Å². The SMILES string of the molecule is O=C(NC1CCCCC1)C(O)[N+]1(C(=O)C2CCCN2C(=O)c2ccc3ccccc3n2)CCCC1. The number of nitrogens with zero attached hydrogens (tertiary/aromatic N) is 3. The van der Waals surface area contributed by atoms with Crippen LogP contribution in [0.2, 0.25) is 0 Å². The number of carbonyl (C=O) groups excluding carboxylic acids is 3. The second-order valence-corrected chi connectivity index (χ2v) is 10.3. The molecule has 0 spiro atoms. The molecule has 3 fully saturated rings. The summed E-state index contributed by atoms with van der Waals surface area (Å²) >= 11 is 0. The smallest absolute Gasteiger partial charge is 0.338 e. The number of amides is 3. The van der Waals surface area contributed by atoms with Gasteiger partial charge in [-0.15, -0.1) is 0 Å². The molecule has 3 amide bonds. The maximum absolute atomic E-state index is 14.0. The van der Waals surface area contributed by atoms with Gasteiger partial charge in [-0.2, -0.15) is 0 Å². The summed E-state index contributed by atoms with van der Waals surface area (Å²) in [6.45, 7) is 1.31. The molecule has 1 aromatic heterocycles. The first-order valence-corrected chi connectivity index (χ1v) is 13.1. The molecule has 2 N–H and O–H groups in total. The molecule has 1 aromatic carbocycles. The highest BCUT2D eigenvalue weighted by atomic mass is 16.3. The van der Waals surface area contributed by atoms with Crippen molar-refractivity contribution in [3.63, 3.8) is 0 Å². The fourth-order valence-corrected chi connectivity index (χ4v) is 6.13. The number of aromatic nitrogens is 1. The number of aliphatic hydroxyl groups excluding tert-OH is 1. The summed E-state index contributed by atoms with van der Waals surface area (Å²) in [5.74, 6) is -0.954. The average molecular weight is 480 g/mol. The summed E-state index contributed by atoms with van der Waals surface area (Å²) in [5, 5.41) is 15.2. The largest absolute Gasteiger partial charge is 0.346 e. The van der Waals surface area contributed by atoms with E-state index in [1.165, 1.54) is 6.42 Å². The minimum atomic E-state index is -1.44. The summed E-state index contributed by atoms with van der Waals surface area (Å²) in [6, 6.07) is 10.6. The fourth-order valence-electron chi connectivity index (χ4n) is 6.13. The van der Waals surface area contributed by atoms with E-state index in [2.05, 4.69) is 10.3 Å². The van der Waals surface area contributed by atoms with Crippen LogP contribution in [0.5, 0.6) is 0 Å². The van der Waals surface area contributed by atoms with E-state index in [9.17, 15) is 19.5 Å². The number of hydrogen-bond acceptors (Lipinski definition) is 5. The number of likely N-dealkylation sites (tertiary alicyclic amines) is 2. The lowest BCUT2D eigenvalue weighted by Crippen LogP contribution is -2.67. The molecular formula is C27H35N4O4+. The summed E-state index contributed by atoms with van der Waals surface area (Å²) < 4.78 is -0.280. The van der Waals surface area contributed by atoms with Gasteiger partial charge in [-0.3, -0.25) is 9.59 Å². The van der Waals surface area contributed by atoms with E-state index in [1.54, 1.807) is 11.0 Å². The van der Waals surface area contributed by atoms with Gasteiger partial charge in [-0.1, -0.05) is 43.5 Å². The van der Waals surface area contributed by atoms with Crippen LogP contribution in [-0.4, -0.2) is 75.1 Å². The number of fused-ring (bicyclic) bond motifs is 1. The molecule has 1 saturated carbocycles. The van der Waals surface area contributed by atoms with Crippen molar-refractivity contribution in [1.29, 1.82) is 0 Å². The topological polar surface area (TPSA) is 99.6 Å². The molecule has 5 rings (SSSR count). The molecule has 8 heteroatoms. The molecule has 1 aliphatic carbocycles. The number of rotatable bonds is 5. The summed E-state index contributed by atoms with van der Waals surface area (Å²) in [5.41, 5.74) is 1.05. The third-order valence-electron chi connectivity index (χ3n) is 8.07. The lowest BCUT2D eigenvalue weighted by molar-refractivity contribution is -0.881. The molecule has 2 aliphatic heterocycles. The van der Waals surface area contributed by atoms with Crippen LogP contribution in [-0.2, 0) is 9.59 Å². The van der Waals surface area contributed by atoms with Gasteiger partial charge in [0.1, 0.15) is 11.7 Å². The van der Waals surface area contributed by atoms with Gasteiger partial charge >= 0.3 is 11.8 Å². The molecular weight excluding hydrogens is 444 g/mol. The number of quaternary nitrogens is 1. The van der Waals surface area contributed by atoms with Gasteiger partial charge in [0, 0.05) is 30.8 Å². The zero-order valence-electron chi connectivity index (χ0n) is 20.2. The van der Waals surface area contributed by atoms with Crippen molar-refractivity contribution in [2.45, 2.75) is 76.1 Å². The van der Waals surface area contributed by atoms with Gasteiger partial charge in [0.05, 0.1) is 18.6 Å². The van der Waals surface area contributed by atoms with Gasteiger partial charge in [-0.05, 0) is 37.8 Å². The zero-order valence-corrected chi connectivity index (χ0v) is 20.2. The Bertz CT molecular complexity index is 1110. The van der Waals surface area contributed by atoms with E-state index in [-0.39, 0.29) is 22.3 Å². The van der Waals surface area contributed by atoms with Crippen molar-refractivity contribution >= 4 is 28.6 Å². The first kappa shape index (κ1) is 23.9. The molecule has 3 heterocycles. The minimum absolute atomic E-state index is 0.0622. The van der Waals surface area contributed by atoms with Crippen LogP contribution in [0.4, 0.5) is 0 Å². The predicted molar refractivity (Wildman–Crippen MR) is 131 cm³/mol. The molecule has 0 bridgehead atoms. The molecule has 8 nitrogen and oxygen atoms in total. The third kappa shape index (κ3) is 4.57. The maximum Gasteiger partial charge on any atom is 0.338 e. The lowest BCUT2D eigenvalue weighted by Gasteiger charge is -2.38. The number of aliphatic hydroxyl groups is 1. The number of para-hydroxylation sites is 1. The van der Waals surface area contributed by atoms with Crippen molar-refractivity contribution in [3.05, 3.63) is 42.1 Å². The molecule has 35 heavy (non-hydrogen) atoms. The van der Waals surface area contributed by atoms with Crippen LogP contribution in [0, 0.1) is 0 Å². The predicted octanol–water partition coefficient (Wildman–Crippen LogP) is 2.74. The Morgan fingerprint density at radius 3 is 2.46 bits per heavy atom. The maximum atomic E-state index is 14.0. The van der Waals surface area contributed by atoms with Crippen molar-refractivity contribution in [2.75, 3.05) is 19.6 Å². The highest BCUT2D eigenvalue weighted by Crippen LogP contribution is 2.31. The Labute approximate surface area is 205 Å². The van der Waals surface area contributed by atoms with Crippen LogP contribution in [0.1, 0.15) is 68.3 Å². The molecule has 2 aromatic rings. The van der Waals surface area contributed by atoms with E-state index in [4.69, 9.17) is 0 Å². The number of carbonyl (C=O) groups is 3. The van der Waals surface area contributed by atoms with Gasteiger partial charge in [0.25, 0.3) is 12.1 Å². The van der Waals surface area contributed by atoms with E-state index < -0.39 is 18.2 Å². The normalized spacial score (nSPS) is 23.3. The lowest BCUT2D eigenvalue weighted by atomic mass is 9.95.